The third-order valence-corrected chi connectivity index (χ3v) is 2.00. The van der Waals surface area contributed by atoms with Gasteiger partial charge in [-0.05, 0) is 17.7 Å². The molecule has 0 aliphatic heterocycles. The number of carbonyl (C=O) groups excluding carboxylic acids is 1. The number of hydrogen-bond donors (Lipinski definition) is 1. The lowest BCUT2D eigenvalue weighted by molar-refractivity contribution is 0.112. The molecule has 1 N–H and O–H groups in total. The predicted octanol–water partition coefficient (Wildman–Crippen LogP) is 2.19. The zero-order valence-corrected chi connectivity index (χ0v) is 7.71. The minimum absolute atomic E-state index is 0.210. The molecule has 0 unspecified atom stereocenters. The van der Waals surface area contributed by atoms with Crippen molar-refractivity contribution in [1.29, 1.82) is 0 Å². The van der Waals surface area contributed by atoms with Crippen molar-refractivity contribution in [3.8, 4) is 0 Å². The van der Waals surface area contributed by atoms with Crippen LogP contribution in [0.1, 0.15) is 16.2 Å². The smallest absolute Gasteiger partial charge is 0.166 e. The van der Waals surface area contributed by atoms with Gasteiger partial charge in [0.1, 0.15) is 0 Å². The second kappa shape index (κ2) is 3.81. The van der Waals surface area contributed by atoms with Crippen molar-refractivity contribution in [2.75, 3.05) is 0 Å². The third kappa shape index (κ3) is 1.79. The first-order valence-electron chi connectivity index (χ1n) is 4.27. The molecule has 0 atom stereocenters. The molecule has 0 radical (unpaired) electrons. The zero-order valence-electron chi connectivity index (χ0n) is 7.71. The summed E-state index contributed by atoms with van der Waals surface area (Å²) in [5.74, 6) is 0. The van der Waals surface area contributed by atoms with Crippen LogP contribution in [-0.2, 0) is 6.54 Å². The Morgan fingerprint density at radius 1 is 1.60 bits per heavy atom. The number of nitrogens with zero attached hydrogens (tertiary/aromatic N) is 4. The molecule has 0 bridgehead atoms. The molecule has 2 aromatic rings. The number of fused-ring (bicyclic) bond motifs is 1. The number of nitrogens with one attached hydrogen (secondary N) is 1. The van der Waals surface area contributed by atoms with Gasteiger partial charge >= 0.3 is 0 Å². The lowest BCUT2D eigenvalue weighted by Crippen LogP contribution is -1.85. The van der Waals surface area contributed by atoms with Gasteiger partial charge in [0, 0.05) is 27.7 Å². The summed E-state index contributed by atoms with van der Waals surface area (Å²) in [5.41, 5.74) is 10.1. The van der Waals surface area contributed by atoms with Crippen molar-refractivity contribution in [3.63, 3.8) is 0 Å². The number of azide groups is 1. The lowest BCUT2D eigenvalue weighted by Gasteiger charge is -1.94. The van der Waals surface area contributed by atoms with Crippen LogP contribution in [-0.4, -0.2) is 16.3 Å². The summed E-state index contributed by atoms with van der Waals surface area (Å²) in [6.07, 6.45) is 2.38. The van der Waals surface area contributed by atoms with E-state index in [-0.39, 0.29) is 6.54 Å². The molecule has 0 aliphatic rings. The molecular weight excluding hydrogens is 194 g/mol. The van der Waals surface area contributed by atoms with Gasteiger partial charge in [0.15, 0.2) is 6.29 Å². The highest BCUT2D eigenvalue weighted by atomic mass is 16.1. The van der Waals surface area contributed by atoms with Gasteiger partial charge in [-0.25, -0.2) is 0 Å². The van der Waals surface area contributed by atoms with Crippen LogP contribution in [0, 0.1) is 0 Å². The van der Waals surface area contributed by atoms with E-state index in [0.717, 1.165) is 17.2 Å². The number of aldehydes is 1. The van der Waals surface area contributed by atoms with Gasteiger partial charge in [-0.1, -0.05) is 5.11 Å². The molecule has 6 nitrogen and oxygen atoms in total. The standard InChI is InChI=1S/C9H7N5O/c10-14-12-4-7-2-9-6(3-11-7)1-8(5-15)13-9/h1-3,5,13H,4H2. The van der Waals surface area contributed by atoms with Crippen molar-refractivity contribution in [2.24, 2.45) is 5.11 Å². The van der Waals surface area contributed by atoms with Crippen molar-refractivity contribution in [2.45, 2.75) is 6.54 Å². The maximum atomic E-state index is 10.5. The summed E-state index contributed by atoms with van der Waals surface area (Å²) in [6, 6.07) is 3.48. The summed E-state index contributed by atoms with van der Waals surface area (Å²) in [4.78, 5) is 20.2. The van der Waals surface area contributed by atoms with E-state index in [0.29, 0.717) is 11.4 Å². The number of rotatable bonds is 3. The minimum Gasteiger partial charge on any atom is -0.352 e. The molecule has 15 heavy (non-hydrogen) atoms. The first-order valence-corrected chi connectivity index (χ1v) is 4.27. The highest BCUT2D eigenvalue weighted by molar-refractivity contribution is 5.87. The topological polar surface area (TPSA) is 94.5 Å². The molecule has 0 aromatic carbocycles. The van der Waals surface area contributed by atoms with E-state index in [1.807, 2.05) is 0 Å². The highest BCUT2D eigenvalue weighted by Gasteiger charge is 2.01. The fourth-order valence-corrected chi connectivity index (χ4v) is 1.35. The molecule has 0 fully saturated rings. The Morgan fingerprint density at radius 2 is 2.47 bits per heavy atom. The van der Waals surface area contributed by atoms with Crippen molar-refractivity contribution < 1.29 is 4.79 Å². The normalized spacial score (nSPS) is 9.87. The first-order chi connectivity index (χ1) is 7.33. The monoisotopic (exact) mass is 201 g/mol. The number of carbonyl (C=O) groups is 1. The molecule has 2 aromatic heterocycles. The predicted molar refractivity (Wildman–Crippen MR) is 54.3 cm³/mol. The van der Waals surface area contributed by atoms with E-state index < -0.39 is 0 Å². The van der Waals surface area contributed by atoms with Crippen LogP contribution in [0.25, 0.3) is 21.3 Å². The van der Waals surface area contributed by atoms with Gasteiger partial charge in [-0.2, -0.15) is 0 Å². The molecule has 2 heterocycles. The summed E-state index contributed by atoms with van der Waals surface area (Å²) < 4.78 is 0. The third-order valence-electron chi connectivity index (χ3n) is 2.00. The van der Waals surface area contributed by atoms with Crippen LogP contribution < -0.4 is 0 Å². The molecule has 0 spiro atoms. The van der Waals surface area contributed by atoms with Gasteiger partial charge in [0.25, 0.3) is 0 Å². The second-order valence-electron chi connectivity index (χ2n) is 2.99. The number of H-pyrrole nitrogens is 1. The number of hydrogen-bond acceptors (Lipinski definition) is 3. The Labute approximate surface area is 84.6 Å². The molecule has 0 saturated carbocycles. The number of aromatic nitrogens is 2. The summed E-state index contributed by atoms with van der Waals surface area (Å²) in [5, 5.41) is 4.27. The fraction of sp³-hybridized carbons (Fsp3) is 0.111. The second-order valence-corrected chi connectivity index (χ2v) is 2.99. The van der Waals surface area contributed by atoms with E-state index in [2.05, 4.69) is 20.0 Å². The van der Waals surface area contributed by atoms with Gasteiger partial charge in [0.2, 0.25) is 0 Å². The van der Waals surface area contributed by atoms with E-state index in [1.54, 1.807) is 18.3 Å². The molecule has 0 saturated heterocycles. The molecule has 2 rings (SSSR count). The van der Waals surface area contributed by atoms with Gasteiger partial charge in [-0.15, -0.1) is 0 Å². The van der Waals surface area contributed by atoms with Gasteiger partial charge < -0.3 is 4.98 Å². The molecule has 6 heteroatoms. The quantitative estimate of drug-likeness (QED) is 0.356. The van der Waals surface area contributed by atoms with Crippen molar-refractivity contribution in [3.05, 3.63) is 40.2 Å². The van der Waals surface area contributed by atoms with Crippen LogP contribution in [0.5, 0.6) is 0 Å². The van der Waals surface area contributed by atoms with Crippen LogP contribution in [0.15, 0.2) is 23.4 Å². The Morgan fingerprint density at radius 3 is 3.20 bits per heavy atom. The summed E-state index contributed by atoms with van der Waals surface area (Å²) in [7, 11) is 0. The summed E-state index contributed by atoms with van der Waals surface area (Å²) >= 11 is 0. The Balaban J connectivity index is 2.45. The Bertz CT molecular complexity index is 553. The maximum Gasteiger partial charge on any atom is 0.166 e. The highest BCUT2D eigenvalue weighted by Crippen LogP contribution is 2.14. The van der Waals surface area contributed by atoms with E-state index in [4.69, 9.17) is 5.53 Å². The van der Waals surface area contributed by atoms with Crippen molar-refractivity contribution >= 4 is 17.2 Å². The Kier molecular flexibility index (Phi) is 2.35. The van der Waals surface area contributed by atoms with Crippen LogP contribution in [0.2, 0.25) is 0 Å². The molecule has 0 aliphatic carbocycles. The SMILES string of the molecule is [N-]=[N+]=NCc1cc2[nH]c(C=O)cc2cn1. The molecular formula is C9H7N5O. The maximum absolute atomic E-state index is 10.5. The fourth-order valence-electron chi connectivity index (χ4n) is 1.35. The number of pyridine rings is 1. The van der Waals surface area contributed by atoms with Crippen molar-refractivity contribution in [1.82, 2.24) is 9.97 Å². The first kappa shape index (κ1) is 9.23. The zero-order chi connectivity index (χ0) is 10.7. The lowest BCUT2D eigenvalue weighted by atomic mass is 10.3. The van der Waals surface area contributed by atoms with E-state index >= 15 is 0 Å². The minimum atomic E-state index is 0.210. The van der Waals surface area contributed by atoms with Crippen LogP contribution >= 0.6 is 0 Å². The molecule has 74 valence electrons. The van der Waals surface area contributed by atoms with E-state index in [9.17, 15) is 4.79 Å². The van der Waals surface area contributed by atoms with E-state index in [1.165, 1.54) is 0 Å². The molecule has 0 amide bonds. The van der Waals surface area contributed by atoms with Crippen LogP contribution in [0.4, 0.5) is 0 Å². The largest absolute Gasteiger partial charge is 0.352 e. The average molecular weight is 201 g/mol. The number of aromatic amines is 1. The Hall–Kier alpha value is -2.33. The van der Waals surface area contributed by atoms with Gasteiger partial charge in [-0.3, -0.25) is 9.78 Å². The van der Waals surface area contributed by atoms with Gasteiger partial charge in [0.05, 0.1) is 12.2 Å². The van der Waals surface area contributed by atoms with Crippen LogP contribution in [0.3, 0.4) is 0 Å². The summed E-state index contributed by atoms with van der Waals surface area (Å²) in [6.45, 7) is 0.210. The average Bonchev–Trinajstić information content (AvgIpc) is 2.68.